The van der Waals surface area contributed by atoms with Gasteiger partial charge in [-0.25, -0.2) is 29.9 Å². The quantitative estimate of drug-likeness (QED) is 0.141. The molecule has 2 aliphatic heterocycles. The molecule has 109 heavy (non-hydrogen) atoms. The summed E-state index contributed by atoms with van der Waals surface area (Å²) >= 11 is 0. The van der Waals surface area contributed by atoms with E-state index in [0.29, 0.717) is 34.9 Å². The average molecular weight is 1390 g/mol. The molecule has 0 N–H and O–H groups in total. The van der Waals surface area contributed by atoms with E-state index in [2.05, 4.69) is 305 Å². The third kappa shape index (κ3) is 9.44. The van der Waals surface area contributed by atoms with Crippen molar-refractivity contribution < 1.29 is 9.47 Å². The lowest BCUT2D eigenvalue weighted by atomic mass is 9.65. The monoisotopic (exact) mass is 1390 g/mol. The number of ether oxygens (including phenoxy) is 2. The smallest absolute Gasteiger partial charge is 0.164 e. The molecule has 0 radical (unpaired) electrons. The summed E-state index contributed by atoms with van der Waals surface area (Å²) in [4.78, 5) is 31.5. The highest BCUT2D eigenvalue weighted by molar-refractivity contribution is 5.93. The van der Waals surface area contributed by atoms with Crippen LogP contribution in [0, 0.1) is 0 Å². The normalized spacial score (nSPS) is 14.0. The topological polar surface area (TPSA) is 95.8 Å². The van der Waals surface area contributed by atoms with Crippen LogP contribution >= 0.6 is 0 Å². The van der Waals surface area contributed by atoms with E-state index in [1.54, 1.807) is 0 Å². The summed E-state index contributed by atoms with van der Waals surface area (Å²) in [7, 11) is 0. The molecule has 2 spiro atoms. The van der Waals surface area contributed by atoms with Crippen LogP contribution < -0.4 is 9.47 Å². The first-order valence-corrected chi connectivity index (χ1v) is 37.2. The van der Waals surface area contributed by atoms with Gasteiger partial charge in [0, 0.05) is 61.0 Å². The van der Waals surface area contributed by atoms with E-state index in [-0.39, 0.29) is 5.41 Å². The van der Waals surface area contributed by atoms with Crippen LogP contribution in [0.2, 0.25) is 0 Å². The van der Waals surface area contributed by atoms with E-state index >= 15 is 0 Å². The Morgan fingerprint density at radius 3 is 0.954 bits per heavy atom. The van der Waals surface area contributed by atoms with Crippen LogP contribution in [-0.2, 0) is 16.2 Å². The lowest BCUT2D eigenvalue weighted by Crippen LogP contribution is -2.32. The summed E-state index contributed by atoms with van der Waals surface area (Å²) in [6.07, 6.45) is 0. The van der Waals surface area contributed by atoms with Gasteiger partial charge in [0.2, 0.25) is 0 Å². The van der Waals surface area contributed by atoms with E-state index in [4.69, 9.17) is 39.4 Å². The summed E-state index contributed by atoms with van der Waals surface area (Å²) in [5.41, 5.74) is 29.3. The van der Waals surface area contributed by atoms with Gasteiger partial charge in [-0.3, -0.25) is 0 Å². The molecule has 0 amide bonds. The van der Waals surface area contributed by atoms with Crippen molar-refractivity contribution in [1.82, 2.24) is 29.9 Å². The van der Waals surface area contributed by atoms with Gasteiger partial charge in [-0.15, -0.1) is 0 Å². The summed E-state index contributed by atoms with van der Waals surface area (Å²) in [6, 6.07) is 126. The van der Waals surface area contributed by atoms with Gasteiger partial charge < -0.3 is 9.47 Å². The highest BCUT2D eigenvalue weighted by Gasteiger charge is 2.53. The molecule has 0 bridgehead atoms. The second kappa shape index (κ2) is 24.0. The van der Waals surface area contributed by atoms with Crippen LogP contribution in [0.4, 0.5) is 0 Å². The molecule has 4 heterocycles. The maximum Gasteiger partial charge on any atom is 0.164 e. The first-order chi connectivity index (χ1) is 53.7. The number of fused-ring (bicyclic) bond motifs is 21. The fraction of sp³-hybridized carbons (Fsp3) is 0.0495. The van der Waals surface area contributed by atoms with Crippen LogP contribution in [0.15, 0.2) is 352 Å². The van der Waals surface area contributed by atoms with Crippen molar-refractivity contribution in [3.8, 4) is 158 Å². The average Bonchev–Trinajstić information content (AvgIpc) is 1.54. The molecular weight excluding hydrogens is 1330 g/mol. The second-order valence-corrected chi connectivity index (χ2v) is 29.5. The van der Waals surface area contributed by atoms with Crippen LogP contribution in [0.3, 0.4) is 0 Å². The number of rotatable bonds is 9. The predicted molar refractivity (Wildman–Crippen MR) is 434 cm³/mol. The van der Waals surface area contributed by atoms with Crippen molar-refractivity contribution in [2.75, 3.05) is 0 Å². The van der Waals surface area contributed by atoms with Crippen molar-refractivity contribution >= 4 is 0 Å². The van der Waals surface area contributed by atoms with Gasteiger partial charge >= 0.3 is 0 Å². The minimum absolute atomic E-state index is 0.234. The van der Waals surface area contributed by atoms with Gasteiger partial charge in [0.1, 0.15) is 23.0 Å². The number of para-hydroxylation sites is 1. The van der Waals surface area contributed by atoms with Gasteiger partial charge in [0.15, 0.2) is 34.9 Å². The molecule has 0 unspecified atom stereocenters. The number of hydrogen-bond donors (Lipinski definition) is 0. The van der Waals surface area contributed by atoms with Crippen LogP contribution in [0.1, 0.15) is 69.5 Å². The third-order valence-electron chi connectivity index (χ3n) is 23.4. The molecule has 17 aromatic rings. The van der Waals surface area contributed by atoms with Crippen LogP contribution in [0.5, 0.6) is 23.0 Å². The van der Waals surface area contributed by atoms with Crippen molar-refractivity contribution in [3.63, 3.8) is 0 Å². The molecule has 0 saturated heterocycles. The molecule has 22 rings (SSSR count). The first-order valence-electron chi connectivity index (χ1n) is 37.2. The Morgan fingerprint density at radius 1 is 0.174 bits per heavy atom. The molecule has 5 aliphatic rings. The van der Waals surface area contributed by atoms with E-state index in [0.717, 1.165) is 112 Å². The number of benzene rings is 15. The van der Waals surface area contributed by atoms with Gasteiger partial charge in [0.05, 0.1) is 10.8 Å². The lowest BCUT2D eigenvalue weighted by molar-refractivity contribution is 0.436. The molecule has 3 aliphatic carbocycles. The Balaban J connectivity index is 0.642. The molecule has 8 heteroatoms. The first kappa shape index (κ1) is 62.3. The van der Waals surface area contributed by atoms with E-state index < -0.39 is 10.8 Å². The Bertz CT molecular complexity index is 6510. The molecule has 15 aromatic carbocycles. The maximum absolute atomic E-state index is 7.29. The molecule has 8 nitrogen and oxygen atoms in total. The fourth-order valence-electron chi connectivity index (χ4n) is 18.3. The zero-order valence-corrected chi connectivity index (χ0v) is 59.5. The van der Waals surface area contributed by atoms with Gasteiger partial charge in [-0.2, -0.15) is 0 Å². The number of hydrogen-bond acceptors (Lipinski definition) is 8. The number of nitrogens with zero attached hydrogens (tertiary/aromatic N) is 6. The molecule has 0 fully saturated rings. The van der Waals surface area contributed by atoms with Gasteiger partial charge in [-0.05, 0) is 149 Å². The number of aromatic nitrogens is 6. The minimum atomic E-state index is -0.742. The minimum Gasteiger partial charge on any atom is -0.457 e. The Kier molecular flexibility index (Phi) is 13.7. The van der Waals surface area contributed by atoms with Crippen LogP contribution in [0.25, 0.3) is 135 Å². The third-order valence-corrected chi connectivity index (χ3v) is 23.4. The van der Waals surface area contributed by atoms with Crippen molar-refractivity contribution in [2.45, 2.75) is 30.1 Å². The van der Waals surface area contributed by atoms with Crippen molar-refractivity contribution in [1.29, 1.82) is 0 Å². The molecular formula is C101H64N6O2. The molecule has 510 valence electrons. The highest BCUT2D eigenvalue weighted by Crippen LogP contribution is 2.65. The summed E-state index contributed by atoms with van der Waals surface area (Å²) in [5.74, 6) is 6.84. The van der Waals surface area contributed by atoms with Gasteiger partial charge in [-0.1, -0.05) is 317 Å². The van der Waals surface area contributed by atoms with E-state index in [1.807, 2.05) is 60.7 Å². The second-order valence-electron chi connectivity index (χ2n) is 29.5. The molecule has 2 aromatic heterocycles. The van der Waals surface area contributed by atoms with Crippen LogP contribution in [-0.4, -0.2) is 29.9 Å². The summed E-state index contributed by atoms with van der Waals surface area (Å²) in [5, 5.41) is 0. The largest absolute Gasteiger partial charge is 0.457 e. The zero-order chi connectivity index (χ0) is 72.1. The SMILES string of the molecule is CC1(C)c2ccccc2-c2ccc(-c3nc(-c4ccc(-c5ccc6c(c5)Oc5ccccc5C65c6ccccc6-c6ccccc65)cc4)nc(-c4cccc(-c5ccc6c(c5)C5(c7ccc(-c8cccc(-c9nc(-c%10ccccc%10)nc(-c%10ccccc%10)n9)c8)cc7O6)c6ccccc6-c6ccccc65)c4)n3)cc21. The van der Waals surface area contributed by atoms with E-state index in [1.165, 1.54) is 66.8 Å². The highest BCUT2D eigenvalue weighted by atomic mass is 16.5. The summed E-state index contributed by atoms with van der Waals surface area (Å²) in [6.45, 7) is 4.63. The molecule has 0 saturated carbocycles. The van der Waals surface area contributed by atoms with Crippen molar-refractivity contribution in [2.24, 2.45) is 0 Å². The Labute approximate surface area is 631 Å². The Morgan fingerprint density at radius 2 is 0.459 bits per heavy atom. The maximum atomic E-state index is 7.29. The van der Waals surface area contributed by atoms with Gasteiger partial charge in [0.25, 0.3) is 0 Å². The fourth-order valence-corrected chi connectivity index (χ4v) is 18.3. The Hall–Kier alpha value is -14.1. The lowest BCUT2D eigenvalue weighted by Gasteiger charge is -2.40. The summed E-state index contributed by atoms with van der Waals surface area (Å²) < 4.78 is 14.2. The molecule has 0 atom stereocenters. The standard InChI is InChI=1S/C101H64N6O2/c1-99(2)79-36-14-9-31-73(79)78-51-47-72(58-87(78)99)98-106-95(64-45-43-61(44-46-64)68-48-52-85-91(59-68)108-89-42-20-19-41-84(89)100(85)80-37-15-10-32-74(80)75-33-11-16-38-81(75)100)105-97(107-98)70-29-21-27-65(55-70)67-50-54-90-88(57-67)101(82-39-17-12-34-76(82)77-35-13-18-40-83(77)101)86-53-49-69(60-92(86)109-90)66-28-22-30-71(56-66)96-103-93(62-23-5-3-6-24-62)102-94(104-96)63-25-7-4-8-26-63/h3-60H,1-2H3. The zero-order valence-electron chi connectivity index (χ0n) is 59.5. The van der Waals surface area contributed by atoms with Crippen molar-refractivity contribution in [3.05, 3.63) is 407 Å². The predicted octanol–water partition coefficient (Wildman–Crippen LogP) is 24.3. The van der Waals surface area contributed by atoms with E-state index in [9.17, 15) is 0 Å².